The van der Waals surface area contributed by atoms with Crippen LogP contribution in [-0.2, 0) is 19.1 Å². The van der Waals surface area contributed by atoms with Gasteiger partial charge in [-0.15, -0.1) is 0 Å². The molecule has 16 heavy (non-hydrogen) atoms. The fraction of sp³-hybridized carbons (Fsp3) is 0.625. The minimum atomic E-state index is -5.21. The highest BCUT2D eigenvalue weighted by Crippen LogP contribution is 2.18. The molecule has 8 heteroatoms. The van der Waals surface area contributed by atoms with Gasteiger partial charge in [0.25, 0.3) is 5.78 Å². The lowest BCUT2D eigenvalue weighted by Crippen LogP contribution is -2.51. The maximum atomic E-state index is 12.0. The van der Waals surface area contributed by atoms with Gasteiger partial charge in [0.05, 0.1) is 6.61 Å². The molecule has 92 valence electrons. The van der Waals surface area contributed by atoms with Gasteiger partial charge in [0.2, 0.25) is 5.91 Å². The van der Waals surface area contributed by atoms with E-state index < -0.39 is 29.9 Å². The Morgan fingerprint density at radius 2 is 1.81 bits per heavy atom. The molecule has 1 atom stereocenters. The second kappa shape index (κ2) is 5.47. The van der Waals surface area contributed by atoms with Crippen LogP contribution in [0.3, 0.4) is 0 Å². The summed E-state index contributed by atoms with van der Waals surface area (Å²) in [4.78, 5) is 32.3. The summed E-state index contributed by atoms with van der Waals surface area (Å²) in [6.07, 6.45) is -5.21. The first-order chi connectivity index (χ1) is 7.20. The van der Waals surface area contributed by atoms with Crippen LogP contribution in [0.2, 0.25) is 0 Å². The van der Waals surface area contributed by atoms with Crippen molar-refractivity contribution >= 4 is 17.7 Å². The Morgan fingerprint density at radius 1 is 1.31 bits per heavy atom. The van der Waals surface area contributed by atoms with E-state index in [1.807, 2.05) is 0 Å². The molecule has 0 aliphatic rings. The van der Waals surface area contributed by atoms with Crippen LogP contribution in [0.4, 0.5) is 13.2 Å². The Kier molecular flexibility index (Phi) is 4.93. The van der Waals surface area contributed by atoms with E-state index in [-0.39, 0.29) is 6.61 Å². The molecule has 0 bridgehead atoms. The summed E-state index contributed by atoms with van der Waals surface area (Å²) < 4.78 is 40.4. The number of ether oxygens (including phenoxy) is 1. The molecule has 0 rings (SSSR count). The molecule has 0 fully saturated rings. The summed E-state index contributed by atoms with van der Waals surface area (Å²) in [7, 11) is 0. The van der Waals surface area contributed by atoms with Crippen LogP contribution in [0.5, 0.6) is 0 Å². The molecule has 0 aliphatic carbocycles. The molecule has 0 aliphatic heterocycles. The highest BCUT2D eigenvalue weighted by Gasteiger charge is 2.47. The average molecular weight is 241 g/mol. The molecule has 0 saturated carbocycles. The molecule has 1 amide bonds. The highest BCUT2D eigenvalue weighted by atomic mass is 19.4. The second-order valence-corrected chi connectivity index (χ2v) is 2.75. The first kappa shape index (κ1) is 14.4. The average Bonchev–Trinajstić information content (AvgIpc) is 2.11. The van der Waals surface area contributed by atoms with Crippen molar-refractivity contribution in [1.82, 2.24) is 5.32 Å². The van der Waals surface area contributed by atoms with Gasteiger partial charge >= 0.3 is 12.1 Å². The van der Waals surface area contributed by atoms with Crippen LogP contribution in [-0.4, -0.2) is 36.5 Å². The number of alkyl halides is 3. The highest BCUT2D eigenvalue weighted by molar-refractivity contribution is 6.07. The Labute approximate surface area is 88.9 Å². The minimum absolute atomic E-state index is 0.194. The van der Waals surface area contributed by atoms with Gasteiger partial charge in [0.15, 0.2) is 6.04 Å². The SMILES string of the molecule is CCOC(=O)[C@@H](NC(C)=O)C(=O)C(F)(F)F. The van der Waals surface area contributed by atoms with Crippen molar-refractivity contribution in [3.8, 4) is 0 Å². The summed E-state index contributed by atoms with van der Waals surface area (Å²) in [6, 6.07) is -2.34. The molecule has 0 unspecified atom stereocenters. The van der Waals surface area contributed by atoms with Crippen LogP contribution in [0, 0.1) is 0 Å². The molecular formula is C8H10F3NO4. The van der Waals surface area contributed by atoms with E-state index in [1.54, 1.807) is 5.32 Å². The molecule has 0 radical (unpaired) electrons. The third-order valence-corrected chi connectivity index (χ3v) is 1.41. The van der Waals surface area contributed by atoms with Crippen molar-refractivity contribution < 1.29 is 32.3 Å². The van der Waals surface area contributed by atoms with E-state index in [1.165, 1.54) is 6.92 Å². The molecule has 0 aromatic carbocycles. The van der Waals surface area contributed by atoms with E-state index in [9.17, 15) is 27.6 Å². The maximum absolute atomic E-state index is 12.0. The number of Topliss-reactive ketones (excluding diaryl/α,β-unsaturated/α-hetero) is 1. The smallest absolute Gasteiger partial charge is 0.452 e. The van der Waals surface area contributed by atoms with Gasteiger partial charge in [-0.05, 0) is 6.92 Å². The van der Waals surface area contributed by atoms with Crippen LogP contribution in [0.1, 0.15) is 13.8 Å². The van der Waals surface area contributed by atoms with E-state index in [4.69, 9.17) is 0 Å². The fourth-order valence-electron chi connectivity index (χ4n) is 0.824. The Morgan fingerprint density at radius 3 is 2.12 bits per heavy atom. The summed E-state index contributed by atoms with van der Waals surface area (Å²) in [5.74, 6) is -4.73. The first-order valence-corrected chi connectivity index (χ1v) is 4.25. The van der Waals surface area contributed by atoms with E-state index in [0.29, 0.717) is 0 Å². The van der Waals surface area contributed by atoms with Gasteiger partial charge in [-0.3, -0.25) is 9.59 Å². The Balaban J connectivity index is 4.87. The van der Waals surface area contributed by atoms with Crippen LogP contribution >= 0.6 is 0 Å². The van der Waals surface area contributed by atoms with Crippen molar-refractivity contribution in [2.24, 2.45) is 0 Å². The molecule has 0 heterocycles. The van der Waals surface area contributed by atoms with Crippen molar-refractivity contribution in [3.05, 3.63) is 0 Å². The fourth-order valence-corrected chi connectivity index (χ4v) is 0.824. The second-order valence-electron chi connectivity index (χ2n) is 2.75. The molecule has 0 aromatic rings. The van der Waals surface area contributed by atoms with Gasteiger partial charge < -0.3 is 10.1 Å². The molecule has 0 aromatic heterocycles. The van der Waals surface area contributed by atoms with Crippen LogP contribution < -0.4 is 5.32 Å². The van der Waals surface area contributed by atoms with Gasteiger partial charge in [-0.2, -0.15) is 13.2 Å². The predicted molar refractivity (Wildman–Crippen MR) is 45.3 cm³/mol. The maximum Gasteiger partial charge on any atom is 0.452 e. The normalized spacial score (nSPS) is 12.8. The number of halogens is 3. The van der Waals surface area contributed by atoms with Gasteiger partial charge in [0.1, 0.15) is 0 Å². The monoisotopic (exact) mass is 241 g/mol. The largest absolute Gasteiger partial charge is 0.464 e. The first-order valence-electron chi connectivity index (χ1n) is 4.25. The summed E-state index contributed by atoms with van der Waals surface area (Å²) >= 11 is 0. The minimum Gasteiger partial charge on any atom is -0.464 e. The van der Waals surface area contributed by atoms with Gasteiger partial charge in [0, 0.05) is 6.92 Å². The van der Waals surface area contributed by atoms with E-state index in [0.717, 1.165) is 6.92 Å². The lowest BCUT2D eigenvalue weighted by Gasteiger charge is -2.16. The van der Waals surface area contributed by atoms with E-state index >= 15 is 0 Å². The lowest BCUT2D eigenvalue weighted by molar-refractivity contribution is -0.178. The number of carbonyl (C=O) groups is 3. The predicted octanol–water partition coefficient (Wildman–Crippen LogP) is 0.186. The number of rotatable bonds is 4. The van der Waals surface area contributed by atoms with Crippen molar-refractivity contribution in [2.45, 2.75) is 26.1 Å². The number of amides is 1. The number of hydrogen-bond acceptors (Lipinski definition) is 4. The Hall–Kier alpha value is -1.60. The third kappa shape index (κ3) is 4.28. The van der Waals surface area contributed by atoms with Crippen molar-refractivity contribution in [3.63, 3.8) is 0 Å². The van der Waals surface area contributed by atoms with Gasteiger partial charge in [-0.25, -0.2) is 4.79 Å². The van der Waals surface area contributed by atoms with Crippen molar-refractivity contribution in [1.29, 1.82) is 0 Å². The third-order valence-electron chi connectivity index (χ3n) is 1.41. The number of nitrogens with one attached hydrogen (secondary N) is 1. The van der Waals surface area contributed by atoms with E-state index in [2.05, 4.69) is 4.74 Å². The number of esters is 1. The zero-order valence-electron chi connectivity index (χ0n) is 8.55. The topological polar surface area (TPSA) is 72.5 Å². The standard InChI is InChI=1S/C8H10F3NO4/c1-3-16-7(15)5(12-4(2)13)6(14)8(9,10)11/h5H,3H2,1-2H3,(H,12,13)/t5-/m0/s1. The summed E-state index contributed by atoms with van der Waals surface area (Å²) in [6.45, 7) is 2.05. The van der Waals surface area contributed by atoms with Crippen LogP contribution in [0.15, 0.2) is 0 Å². The van der Waals surface area contributed by atoms with Crippen LogP contribution in [0.25, 0.3) is 0 Å². The molecule has 1 N–H and O–H groups in total. The van der Waals surface area contributed by atoms with Gasteiger partial charge in [-0.1, -0.05) is 0 Å². The molecule has 0 spiro atoms. The number of carbonyl (C=O) groups excluding carboxylic acids is 3. The summed E-state index contributed by atoms with van der Waals surface area (Å²) in [5.41, 5.74) is 0. The number of ketones is 1. The molecule has 5 nitrogen and oxygen atoms in total. The lowest BCUT2D eigenvalue weighted by atomic mass is 10.2. The zero-order chi connectivity index (χ0) is 12.9. The number of hydrogen-bond donors (Lipinski definition) is 1. The zero-order valence-corrected chi connectivity index (χ0v) is 8.55. The Bertz CT molecular complexity index is 300. The summed E-state index contributed by atoms with van der Waals surface area (Å²) in [5, 5.41) is 1.59. The quantitative estimate of drug-likeness (QED) is 0.563. The molecule has 0 saturated heterocycles. The molecular weight excluding hydrogens is 231 g/mol. The van der Waals surface area contributed by atoms with Crippen molar-refractivity contribution in [2.75, 3.05) is 6.61 Å².